The van der Waals surface area contributed by atoms with Crippen molar-refractivity contribution in [2.24, 2.45) is 5.92 Å². The molecule has 6 nitrogen and oxygen atoms in total. The lowest BCUT2D eigenvalue weighted by molar-refractivity contribution is 0.102. The molecular weight excluding hydrogens is 314 g/mol. The Labute approximate surface area is 148 Å². The number of carbonyl (C=O) groups is 1. The molecule has 1 aliphatic rings. The molecule has 1 saturated heterocycles. The molecule has 0 aliphatic carbocycles. The van der Waals surface area contributed by atoms with Crippen LogP contribution in [0.25, 0.3) is 0 Å². The van der Waals surface area contributed by atoms with E-state index in [9.17, 15) is 4.79 Å². The first-order valence-electron chi connectivity index (χ1n) is 8.84. The Morgan fingerprint density at radius 2 is 1.84 bits per heavy atom. The summed E-state index contributed by atoms with van der Waals surface area (Å²) >= 11 is 0. The topological polar surface area (TPSA) is 70.2 Å². The van der Waals surface area contributed by atoms with Gasteiger partial charge in [-0.1, -0.05) is 13.8 Å². The molecule has 1 aliphatic heterocycles. The molecule has 2 heterocycles. The molecule has 132 valence electrons. The van der Waals surface area contributed by atoms with E-state index >= 15 is 0 Å². The van der Waals surface area contributed by atoms with E-state index in [0.717, 1.165) is 25.3 Å². The van der Waals surface area contributed by atoms with E-state index in [1.807, 2.05) is 24.3 Å². The normalized spacial score (nSPS) is 14.0. The van der Waals surface area contributed by atoms with E-state index in [1.165, 1.54) is 24.7 Å². The van der Waals surface area contributed by atoms with Crippen LogP contribution in [-0.4, -0.2) is 35.5 Å². The van der Waals surface area contributed by atoms with Crippen molar-refractivity contribution in [1.29, 1.82) is 0 Å². The van der Waals surface area contributed by atoms with Crippen molar-refractivity contribution in [3.05, 3.63) is 42.4 Å². The summed E-state index contributed by atoms with van der Waals surface area (Å²) in [6.45, 7) is 7.29. The standard InChI is InChI=1S/C19H25N5O/c1-14(2)11-21-18-13-20-17(12-22-18)19(25)23-15-5-7-16(8-6-15)24-9-3-4-10-24/h5-8,12-14H,3-4,9-11H2,1-2H3,(H,21,22)(H,23,25). The Balaban J connectivity index is 1.57. The van der Waals surface area contributed by atoms with Gasteiger partial charge in [-0.15, -0.1) is 0 Å². The third-order valence-corrected chi connectivity index (χ3v) is 4.17. The van der Waals surface area contributed by atoms with E-state index in [0.29, 0.717) is 17.4 Å². The van der Waals surface area contributed by atoms with Crippen LogP contribution >= 0.6 is 0 Å². The number of aromatic nitrogens is 2. The van der Waals surface area contributed by atoms with Crippen LogP contribution in [0.5, 0.6) is 0 Å². The minimum Gasteiger partial charge on any atom is -0.372 e. The number of hydrogen-bond donors (Lipinski definition) is 2. The summed E-state index contributed by atoms with van der Waals surface area (Å²) in [6, 6.07) is 7.95. The van der Waals surface area contributed by atoms with Gasteiger partial charge < -0.3 is 15.5 Å². The highest BCUT2D eigenvalue weighted by Crippen LogP contribution is 2.22. The van der Waals surface area contributed by atoms with E-state index in [-0.39, 0.29) is 5.91 Å². The predicted molar refractivity (Wildman–Crippen MR) is 101 cm³/mol. The molecule has 0 radical (unpaired) electrons. The molecule has 25 heavy (non-hydrogen) atoms. The number of nitrogens with one attached hydrogen (secondary N) is 2. The molecule has 2 N–H and O–H groups in total. The summed E-state index contributed by atoms with van der Waals surface area (Å²) in [5, 5.41) is 6.05. The molecule has 3 rings (SSSR count). The molecule has 1 amide bonds. The van der Waals surface area contributed by atoms with Crippen LogP contribution < -0.4 is 15.5 Å². The average Bonchev–Trinajstić information content (AvgIpc) is 3.15. The van der Waals surface area contributed by atoms with Gasteiger partial charge in [0.2, 0.25) is 0 Å². The zero-order valence-corrected chi connectivity index (χ0v) is 14.8. The quantitative estimate of drug-likeness (QED) is 0.844. The van der Waals surface area contributed by atoms with Gasteiger partial charge in [0.15, 0.2) is 0 Å². The number of hydrogen-bond acceptors (Lipinski definition) is 5. The molecule has 0 spiro atoms. The van der Waals surface area contributed by atoms with Crippen LogP contribution in [0.2, 0.25) is 0 Å². The van der Waals surface area contributed by atoms with Gasteiger partial charge in [-0.3, -0.25) is 4.79 Å². The zero-order chi connectivity index (χ0) is 17.6. The molecule has 6 heteroatoms. The summed E-state index contributed by atoms with van der Waals surface area (Å²) in [5.74, 6) is 0.949. The van der Waals surface area contributed by atoms with Gasteiger partial charge in [0, 0.05) is 31.0 Å². The van der Waals surface area contributed by atoms with Crippen LogP contribution in [0, 0.1) is 5.92 Å². The predicted octanol–water partition coefficient (Wildman–Crippen LogP) is 3.40. The van der Waals surface area contributed by atoms with Gasteiger partial charge >= 0.3 is 0 Å². The average molecular weight is 339 g/mol. The maximum atomic E-state index is 12.3. The van der Waals surface area contributed by atoms with Gasteiger partial charge in [-0.25, -0.2) is 9.97 Å². The number of benzene rings is 1. The molecule has 0 saturated carbocycles. The third-order valence-electron chi connectivity index (χ3n) is 4.17. The molecule has 1 fully saturated rings. The highest BCUT2D eigenvalue weighted by molar-refractivity contribution is 6.02. The second kappa shape index (κ2) is 7.96. The molecule has 2 aromatic rings. The second-order valence-electron chi connectivity index (χ2n) is 6.76. The number of carbonyl (C=O) groups excluding carboxylic acids is 1. The minimum atomic E-state index is -0.253. The van der Waals surface area contributed by atoms with E-state index in [2.05, 4.69) is 39.3 Å². The fraction of sp³-hybridized carbons (Fsp3) is 0.421. The molecule has 0 bridgehead atoms. The maximum absolute atomic E-state index is 12.3. The monoisotopic (exact) mass is 339 g/mol. The Morgan fingerprint density at radius 1 is 1.12 bits per heavy atom. The van der Waals surface area contributed by atoms with Crippen molar-refractivity contribution in [2.75, 3.05) is 35.2 Å². The fourth-order valence-corrected chi connectivity index (χ4v) is 2.77. The van der Waals surface area contributed by atoms with Crippen molar-refractivity contribution in [2.45, 2.75) is 26.7 Å². The van der Waals surface area contributed by atoms with Gasteiger partial charge in [-0.2, -0.15) is 0 Å². The fourth-order valence-electron chi connectivity index (χ4n) is 2.77. The van der Waals surface area contributed by atoms with Crippen LogP contribution in [0.4, 0.5) is 17.2 Å². The van der Waals surface area contributed by atoms with E-state index < -0.39 is 0 Å². The van der Waals surface area contributed by atoms with Crippen molar-refractivity contribution >= 4 is 23.1 Å². The van der Waals surface area contributed by atoms with Crippen molar-refractivity contribution in [3.8, 4) is 0 Å². The number of rotatable bonds is 6. The number of nitrogens with zero attached hydrogens (tertiary/aromatic N) is 3. The second-order valence-corrected chi connectivity index (χ2v) is 6.76. The summed E-state index contributed by atoms with van der Waals surface area (Å²) in [7, 11) is 0. The highest BCUT2D eigenvalue weighted by atomic mass is 16.1. The summed E-state index contributed by atoms with van der Waals surface area (Å²) < 4.78 is 0. The molecular formula is C19H25N5O. The minimum absolute atomic E-state index is 0.253. The lowest BCUT2D eigenvalue weighted by Crippen LogP contribution is -2.18. The van der Waals surface area contributed by atoms with Crippen molar-refractivity contribution in [1.82, 2.24) is 9.97 Å². The Kier molecular flexibility index (Phi) is 5.48. The first-order chi connectivity index (χ1) is 12.1. The first-order valence-corrected chi connectivity index (χ1v) is 8.84. The SMILES string of the molecule is CC(C)CNc1cnc(C(=O)Nc2ccc(N3CCCC3)cc2)cn1. The van der Waals surface area contributed by atoms with E-state index in [1.54, 1.807) is 6.20 Å². The third kappa shape index (κ3) is 4.68. The molecule has 0 unspecified atom stereocenters. The Bertz CT molecular complexity index is 691. The van der Waals surface area contributed by atoms with Gasteiger partial charge in [0.05, 0.1) is 12.4 Å². The Hall–Kier alpha value is -2.63. The lowest BCUT2D eigenvalue weighted by atomic mass is 10.2. The lowest BCUT2D eigenvalue weighted by Gasteiger charge is -2.17. The zero-order valence-electron chi connectivity index (χ0n) is 14.8. The van der Waals surface area contributed by atoms with Crippen LogP contribution in [0.1, 0.15) is 37.2 Å². The first kappa shape index (κ1) is 17.2. The smallest absolute Gasteiger partial charge is 0.275 e. The molecule has 1 aromatic carbocycles. The van der Waals surface area contributed by atoms with Crippen LogP contribution in [0.3, 0.4) is 0 Å². The Morgan fingerprint density at radius 3 is 2.44 bits per heavy atom. The van der Waals surface area contributed by atoms with Gasteiger partial charge in [-0.05, 0) is 43.0 Å². The maximum Gasteiger partial charge on any atom is 0.275 e. The van der Waals surface area contributed by atoms with Crippen LogP contribution in [0.15, 0.2) is 36.7 Å². The number of amides is 1. The van der Waals surface area contributed by atoms with Crippen molar-refractivity contribution < 1.29 is 4.79 Å². The summed E-state index contributed by atoms with van der Waals surface area (Å²) in [5.41, 5.74) is 2.27. The molecule has 1 aromatic heterocycles. The highest BCUT2D eigenvalue weighted by Gasteiger charge is 2.13. The largest absolute Gasteiger partial charge is 0.372 e. The van der Waals surface area contributed by atoms with Gasteiger partial charge in [0.25, 0.3) is 5.91 Å². The van der Waals surface area contributed by atoms with Crippen molar-refractivity contribution in [3.63, 3.8) is 0 Å². The van der Waals surface area contributed by atoms with E-state index in [4.69, 9.17) is 0 Å². The molecule has 0 atom stereocenters. The van der Waals surface area contributed by atoms with Gasteiger partial charge in [0.1, 0.15) is 11.5 Å². The van der Waals surface area contributed by atoms with Crippen LogP contribution in [-0.2, 0) is 0 Å². The summed E-state index contributed by atoms with van der Waals surface area (Å²) in [6.07, 6.45) is 5.59. The number of anilines is 3. The summed E-state index contributed by atoms with van der Waals surface area (Å²) in [4.78, 5) is 23.1.